The Kier molecular flexibility index (Phi) is 6.16. The van der Waals surface area contributed by atoms with Crippen LogP contribution < -0.4 is 5.56 Å². The molecule has 1 heterocycles. The molecule has 0 bridgehead atoms. The fraction of sp³-hybridized carbons (Fsp3) is 0.0833. The average Bonchev–Trinajstić information content (AvgIpc) is 2.77. The van der Waals surface area contributed by atoms with Crippen molar-refractivity contribution < 1.29 is 5.11 Å². The van der Waals surface area contributed by atoms with Gasteiger partial charge in [0.1, 0.15) is 0 Å². The minimum atomic E-state index is -0.555. The number of aryl methyl sites for hydroxylation is 2. The molecule has 0 aliphatic rings. The van der Waals surface area contributed by atoms with Gasteiger partial charge >= 0.3 is 0 Å². The molecule has 4 aromatic rings. The summed E-state index contributed by atoms with van der Waals surface area (Å²) in [5.41, 5.74) is 3.07. The average molecular weight is 507 g/mol. The van der Waals surface area contributed by atoms with Gasteiger partial charge in [0.15, 0.2) is 4.77 Å². The topological polar surface area (TPSA) is 71.9 Å². The summed E-state index contributed by atoms with van der Waals surface area (Å²) in [6, 6.07) is 22.0. The van der Waals surface area contributed by atoms with Crippen molar-refractivity contribution in [2.75, 3.05) is 0 Å². The van der Waals surface area contributed by atoms with Crippen molar-refractivity contribution in [3.63, 3.8) is 0 Å². The van der Waals surface area contributed by atoms with Crippen LogP contribution in [0, 0.1) is 18.6 Å². The molecule has 3 aromatic carbocycles. The third-order valence-electron chi connectivity index (χ3n) is 4.89. The number of hydrogen-bond acceptors (Lipinski definition) is 5. The van der Waals surface area contributed by atoms with Crippen LogP contribution in [0.1, 0.15) is 11.1 Å². The Balaban J connectivity index is 1.99. The minimum Gasteiger partial charge on any atom is -0.492 e. The fourth-order valence-corrected chi connectivity index (χ4v) is 3.78. The molecule has 8 heteroatoms. The number of aromatic nitrogens is 2. The molecule has 0 spiro atoms. The quantitative estimate of drug-likeness (QED) is 0.242. The smallest absolute Gasteiger partial charge is 0.290 e. The van der Waals surface area contributed by atoms with Crippen molar-refractivity contribution >= 4 is 39.5 Å². The van der Waals surface area contributed by atoms with Crippen LogP contribution in [-0.2, 0) is 0 Å². The van der Waals surface area contributed by atoms with E-state index >= 15 is 0 Å². The van der Waals surface area contributed by atoms with Gasteiger partial charge in [-0.05, 0) is 74.6 Å². The summed E-state index contributed by atoms with van der Waals surface area (Å²) < 4.78 is 3.80. The summed E-state index contributed by atoms with van der Waals surface area (Å²) in [5.74, 6) is -0.368. The molecule has 32 heavy (non-hydrogen) atoms. The van der Waals surface area contributed by atoms with E-state index in [0.717, 1.165) is 15.6 Å². The van der Waals surface area contributed by atoms with Gasteiger partial charge in [-0.25, -0.2) is 0 Å². The lowest BCUT2D eigenvalue weighted by Crippen LogP contribution is -2.23. The molecule has 0 aliphatic carbocycles. The van der Waals surface area contributed by atoms with Crippen LogP contribution in [0.25, 0.3) is 11.4 Å². The molecule has 1 N–H and O–H groups in total. The molecule has 0 saturated carbocycles. The summed E-state index contributed by atoms with van der Waals surface area (Å²) in [5, 5.41) is 19.3. The highest BCUT2D eigenvalue weighted by molar-refractivity contribution is 9.10. The Bertz CT molecular complexity index is 1420. The molecule has 6 nitrogen and oxygen atoms in total. The monoisotopic (exact) mass is 506 g/mol. The first-order chi connectivity index (χ1) is 15.3. The van der Waals surface area contributed by atoms with Crippen LogP contribution in [0.3, 0.4) is 0 Å². The molecule has 4 rings (SSSR count). The van der Waals surface area contributed by atoms with E-state index in [1.807, 2.05) is 62.4 Å². The lowest BCUT2D eigenvalue weighted by atomic mass is 10.2. The van der Waals surface area contributed by atoms with Gasteiger partial charge in [0.05, 0.1) is 17.1 Å². The summed E-state index contributed by atoms with van der Waals surface area (Å²) in [4.78, 5) is 13.4. The number of benzene rings is 3. The Hall–Kier alpha value is -3.36. The van der Waals surface area contributed by atoms with E-state index in [4.69, 9.17) is 12.2 Å². The van der Waals surface area contributed by atoms with Gasteiger partial charge in [-0.2, -0.15) is 5.11 Å². The number of azo groups is 1. The Morgan fingerprint density at radius 1 is 0.781 bits per heavy atom. The van der Waals surface area contributed by atoms with E-state index in [1.165, 1.54) is 9.13 Å². The first kappa shape index (κ1) is 21.9. The Morgan fingerprint density at radius 2 is 1.28 bits per heavy atom. The maximum Gasteiger partial charge on any atom is 0.290 e. The second kappa shape index (κ2) is 9.02. The fourth-order valence-electron chi connectivity index (χ4n) is 3.14. The maximum absolute atomic E-state index is 13.4. The van der Waals surface area contributed by atoms with Crippen LogP contribution in [0.5, 0.6) is 5.88 Å². The summed E-state index contributed by atoms with van der Waals surface area (Å²) in [6.45, 7) is 3.93. The molecule has 0 unspecified atom stereocenters. The van der Waals surface area contributed by atoms with Crippen LogP contribution in [0.2, 0.25) is 0 Å². The normalized spacial score (nSPS) is 11.2. The predicted octanol–water partition coefficient (Wildman–Crippen LogP) is 6.86. The molecule has 0 amide bonds. The molecule has 160 valence electrons. The third kappa shape index (κ3) is 4.32. The van der Waals surface area contributed by atoms with E-state index < -0.39 is 5.56 Å². The highest BCUT2D eigenvalue weighted by atomic mass is 79.9. The van der Waals surface area contributed by atoms with Crippen molar-refractivity contribution in [2.24, 2.45) is 10.2 Å². The zero-order chi connectivity index (χ0) is 22.8. The molecule has 0 atom stereocenters. The molecule has 0 aliphatic heterocycles. The van der Waals surface area contributed by atoms with Crippen molar-refractivity contribution in [1.82, 2.24) is 9.13 Å². The highest BCUT2D eigenvalue weighted by Crippen LogP contribution is 2.29. The van der Waals surface area contributed by atoms with Gasteiger partial charge < -0.3 is 5.11 Å². The van der Waals surface area contributed by atoms with Crippen LogP contribution in [-0.4, -0.2) is 14.2 Å². The summed E-state index contributed by atoms with van der Waals surface area (Å²) in [7, 11) is 0. The van der Waals surface area contributed by atoms with Crippen LogP contribution >= 0.6 is 28.1 Å². The lowest BCUT2D eigenvalue weighted by molar-refractivity contribution is 0.432. The van der Waals surface area contributed by atoms with E-state index in [0.29, 0.717) is 17.1 Å². The largest absolute Gasteiger partial charge is 0.492 e. The van der Waals surface area contributed by atoms with Gasteiger partial charge in [0, 0.05) is 4.47 Å². The number of halogens is 1. The molecule has 0 saturated heterocycles. The molecule has 1 aromatic heterocycles. The second-order valence-electron chi connectivity index (χ2n) is 7.28. The standard InChI is InChI=1S/C24H19BrN4O2S/c1-15-3-11-19(12-4-15)28-22(30)21(27-26-18-9-7-17(25)8-10-18)23(31)29(24(28)32)20-13-5-16(2)6-14-20/h3-14,30H,1-2H3. The Labute approximate surface area is 198 Å². The van der Waals surface area contributed by atoms with Crippen LogP contribution in [0.4, 0.5) is 11.4 Å². The zero-order valence-corrected chi connectivity index (χ0v) is 19.8. The summed E-state index contributed by atoms with van der Waals surface area (Å²) in [6.07, 6.45) is 0. The first-order valence-corrected chi connectivity index (χ1v) is 11.0. The maximum atomic E-state index is 13.4. The van der Waals surface area contributed by atoms with Crippen molar-refractivity contribution in [3.8, 4) is 17.3 Å². The SMILES string of the molecule is Cc1ccc(-n2c(O)c(N=Nc3ccc(Br)cc3)c(=O)n(-c3ccc(C)cc3)c2=S)cc1. The van der Waals surface area contributed by atoms with Gasteiger partial charge in [-0.1, -0.05) is 51.3 Å². The zero-order valence-electron chi connectivity index (χ0n) is 17.4. The van der Waals surface area contributed by atoms with Gasteiger partial charge in [-0.3, -0.25) is 13.9 Å². The molecular formula is C24H19BrN4O2S. The minimum absolute atomic E-state index is 0.128. The molecule has 0 fully saturated rings. The Morgan fingerprint density at radius 3 is 1.81 bits per heavy atom. The van der Waals surface area contributed by atoms with E-state index in [2.05, 4.69) is 26.2 Å². The second-order valence-corrected chi connectivity index (χ2v) is 8.56. The number of rotatable bonds is 4. The molecule has 0 radical (unpaired) electrons. The van der Waals surface area contributed by atoms with Crippen molar-refractivity contribution in [1.29, 1.82) is 0 Å². The number of hydrogen-bond donors (Lipinski definition) is 1. The van der Waals surface area contributed by atoms with E-state index in [9.17, 15) is 9.90 Å². The lowest BCUT2D eigenvalue weighted by Gasteiger charge is -2.16. The summed E-state index contributed by atoms with van der Waals surface area (Å²) >= 11 is 9.01. The number of aromatic hydroxyl groups is 1. The van der Waals surface area contributed by atoms with Gasteiger partial charge in [0.25, 0.3) is 5.56 Å². The number of nitrogens with zero attached hydrogens (tertiary/aromatic N) is 4. The highest BCUT2D eigenvalue weighted by Gasteiger charge is 2.19. The first-order valence-electron chi connectivity index (χ1n) is 9.77. The van der Waals surface area contributed by atoms with Gasteiger partial charge in [-0.15, -0.1) is 5.11 Å². The third-order valence-corrected chi connectivity index (χ3v) is 5.78. The van der Waals surface area contributed by atoms with Crippen molar-refractivity contribution in [3.05, 3.63) is 104 Å². The molecular weight excluding hydrogens is 488 g/mol. The predicted molar refractivity (Wildman–Crippen MR) is 132 cm³/mol. The van der Waals surface area contributed by atoms with E-state index in [1.54, 1.807) is 24.3 Å². The van der Waals surface area contributed by atoms with Crippen molar-refractivity contribution in [2.45, 2.75) is 13.8 Å². The van der Waals surface area contributed by atoms with E-state index in [-0.39, 0.29) is 16.3 Å². The van der Waals surface area contributed by atoms with Gasteiger partial charge in [0.2, 0.25) is 11.6 Å². The van der Waals surface area contributed by atoms with Crippen LogP contribution in [0.15, 0.2) is 92.3 Å².